The number of rotatable bonds is 4. The van der Waals surface area contributed by atoms with Gasteiger partial charge in [0.2, 0.25) is 0 Å². The first-order valence-corrected chi connectivity index (χ1v) is 4.95. The number of aromatic nitrogens is 1. The standard InChI is InChI=1S/C8H5BrF2N2O4/c9-4-2-12-8(13(16)17)6(7(10)11)3(4)1-5(14)15/h2,7H,1H2,(H,14,15). The highest BCUT2D eigenvalue weighted by molar-refractivity contribution is 9.10. The average molecular weight is 311 g/mol. The number of pyridine rings is 1. The smallest absolute Gasteiger partial charge is 0.372 e. The van der Waals surface area contributed by atoms with Crippen molar-refractivity contribution in [2.45, 2.75) is 12.8 Å². The molecule has 0 fully saturated rings. The molecule has 0 aliphatic rings. The van der Waals surface area contributed by atoms with Crippen molar-refractivity contribution in [1.29, 1.82) is 0 Å². The second kappa shape index (κ2) is 5.13. The second-order valence-corrected chi connectivity index (χ2v) is 3.80. The van der Waals surface area contributed by atoms with Crippen LogP contribution in [0.25, 0.3) is 0 Å². The van der Waals surface area contributed by atoms with E-state index >= 15 is 0 Å². The van der Waals surface area contributed by atoms with Crippen molar-refractivity contribution in [3.05, 3.63) is 31.9 Å². The van der Waals surface area contributed by atoms with Crippen molar-refractivity contribution in [2.75, 3.05) is 0 Å². The van der Waals surface area contributed by atoms with Crippen LogP contribution in [0.4, 0.5) is 14.6 Å². The Kier molecular flexibility index (Phi) is 4.05. The van der Waals surface area contributed by atoms with E-state index in [9.17, 15) is 23.7 Å². The summed E-state index contributed by atoms with van der Waals surface area (Å²) in [6.45, 7) is 0. The third-order valence-electron chi connectivity index (χ3n) is 1.87. The van der Waals surface area contributed by atoms with Crippen molar-refractivity contribution in [3.63, 3.8) is 0 Å². The Morgan fingerprint density at radius 3 is 2.65 bits per heavy atom. The second-order valence-electron chi connectivity index (χ2n) is 2.95. The first-order valence-electron chi connectivity index (χ1n) is 4.16. The fourth-order valence-corrected chi connectivity index (χ4v) is 1.69. The van der Waals surface area contributed by atoms with E-state index in [0.717, 1.165) is 6.20 Å². The molecule has 1 rings (SSSR count). The Bertz CT molecular complexity index is 481. The molecule has 0 aliphatic carbocycles. The molecule has 92 valence electrons. The van der Waals surface area contributed by atoms with Gasteiger partial charge in [0.05, 0.1) is 10.9 Å². The first kappa shape index (κ1) is 13.4. The molecular weight excluding hydrogens is 306 g/mol. The number of hydrogen-bond acceptors (Lipinski definition) is 4. The molecule has 1 heterocycles. The summed E-state index contributed by atoms with van der Waals surface area (Å²) in [7, 11) is 0. The van der Waals surface area contributed by atoms with E-state index < -0.39 is 35.1 Å². The molecule has 1 aromatic heterocycles. The lowest BCUT2D eigenvalue weighted by Crippen LogP contribution is -2.09. The fraction of sp³-hybridized carbons (Fsp3) is 0.250. The molecule has 9 heteroatoms. The minimum Gasteiger partial charge on any atom is -0.481 e. The predicted octanol–water partition coefficient (Wildman–Crippen LogP) is 2.32. The lowest BCUT2D eigenvalue weighted by atomic mass is 10.1. The van der Waals surface area contributed by atoms with Gasteiger partial charge in [-0.15, -0.1) is 0 Å². The Balaban J connectivity index is 3.48. The zero-order chi connectivity index (χ0) is 13.2. The number of carboxylic acids is 1. The van der Waals surface area contributed by atoms with Gasteiger partial charge in [0.1, 0.15) is 5.56 Å². The van der Waals surface area contributed by atoms with Gasteiger partial charge in [-0.1, -0.05) is 0 Å². The van der Waals surface area contributed by atoms with Gasteiger partial charge < -0.3 is 15.2 Å². The van der Waals surface area contributed by atoms with Crippen LogP contribution in [0.15, 0.2) is 10.7 Å². The molecule has 0 saturated heterocycles. The molecule has 6 nitrogen and oxygen atoms in total. The summed E-state index contributed by atoms with van der Waals surface area (Å²) in [6, 6.07) is 0. The van der Waals surface area contributed by atoms with Crippen molar-refractivity contribution < 1.29 is 23.6 Å². The Morgan fingerprint density at radius 1 is 1.65 bits per heavy atom. The minimum atomic E-state index is -3.17. The molecule has 0 unspecified atom stereocenters. The highest BCUT2D eigenvalue weighted by Crippen LogP contribution is 2.34. The maximum Gasteiger partial charge on any atom is 0.372 e. The summed E-state index contributed by atoms with van der Waals surface area (Å²) < 4.78 is 25.4. The molecule has 0 aromatic carbocycles. The van der Waals surface area contributed by atoms with E-state index in [1.165, 1.54) is 0 Å². The Hall–Kier alpha value is -1.64. The van der Waals surface area contributed by atoms with Crippen molar-refractivity contribution in [2.24, 2.45) is 0 Å². The van der Waals surface area contributed by atoms with E-state index in [-0.39, 0.29) is 10.0 Å². The molecule has 1 N–H and O–H groups in total. The summed E-state index contributed by atoms with van der Waals surface area (Å²) in [5, 5.41) is 19.1. The highest BCUT2D eigenvalue weighted by atomic mass is 79.9. The molecule has 0 radical (unpaired) electrons. The number of halogens is 3. The maximum atomic E-state index is 12.7. The van der Waals surface area contributed by atoms with Crippen molar-refractivity contribution >= 4 is 27.7 Å². The molecule has 0 saturated carbocycles. The van der Waals surface area contributed by atoms with Crippen LogP contribution in [0, 0.1) is 10.1 Å². The Morgan fingerprint density at radius 2 is 2.24 bits per heavy atom. The van der Waals surface area contributed by atoms with Gasteiger partial charge in [0, 0.05) is 0 Å². The van der Waals surface area contributed by atoms with Crippen LogP contribution >= 0.6 is 15.9 Å². The average Bonchev–Trinajstić information content (AvgIpc) is 2.19. The van der Waals surface area contributed by atoms with Gasteiger partial charge in [0.25, 0.3) is 6.43 Å². The third kappa shape index (κ3) is 2.93. The van der Waals surface area contributed by atoms with Gasteiger partial charge in [-0.05, 0) is 31.4 Å². The summed E-state index contributed by atoms with van der Waals surface area (Å²) in [5.74, 6) is -2.40. The molecule has 1 aromatic rings. The predicted molar refractivity (Wildman–Crippen MR) is 54.9 cm³/mol. The van der Waals surface area contributed by atoms with Crippen LogP contribution < -0.4 is 0 Å². The van der Waals surface area contributed by atoms with Crippen LogP contribution in [0.3, 0.4) is 0 Å². The van der Waals surface area contributed by atoms with Crippen molar-refractivity contribution in [1.82, 2.24) is 4.98 Å². The largest absolute Gasteiger partial charge is 0.481 e. The number of carbonyl (C=O) groups is 1. The fourth-order valence-electron chi connectivity index (χ4n) is 1.23. The summed E-state index contributed by atoms with van der Waals surface area (Å²) >= 11 is 2.85. The topological polar surface area (TPSA) is 93.3 Å². The quantitative estimate of drug-likeness (QED) is 0.680. The number of alkyl halides is 2. The molecule has 0 amide bonds. The Labute approximate surface area is 102 Å². The van der Waals surface area contributed by atoms with Crippen LogP contribution in [0.2, 0.25) is 0 Å². The normalized spacial score (nSPS) is 10.6. The highest BCUT2D eigenvalue weighted by Gasteiger charge is 2.29. The van der Waals surface area contributed by atoms with E-state index in [1.807, 2.05) is 0 Å². The van der Waals surface area contributed by atoms with E-state index in [1.54, 1.807) is 0 Å². The monoisotopic (exact) mass is 310 g/mol. The van der Waals surface area contributed by atoms with Crippen molar-refractivity contribution in [3.8, 4) is 0 Å². The lowest BCUT2D eigenvalue weighted by Gasteiger charge is -2.08. The van der Waals surface area contributed by atoms with Gasteiger partial charge in [-0.3, -0.25) is 4.79 Å². The maximum absolute atomic E-state index is 12.7. The summed E-state index contributed by atoms with van der Waals surface area (Å²) in [6.07, 6.45) is -2.99. The molecule has 0 spiro atoms. The first-order chi connectivity index (χ1) is 7.84. The van der Waals surface area contributed by atoms with Crippen LogP contribution in [-0.2, 0) is 11.2 Å². The number of nitrogens with zero attached hydrogens (tertiary/aromatic N) is 2. The zero-order valence-corrected chi connectivity index (χ0v) is 9.65. The third-order valence-corrected chi connectivity index (χ3v) is 2.56. The van der Waals surface area contributed by atoms with E-state index in [4.69, 9.17) is 5.11 Å². The van der Waals surface area contributed by atoms with Crippen LogP contribution in [0.5, 0.6) is 0 Å². The number of hydrogen-bond donors (Lipinski definition) is 1. The van der Waals surface area contributed by atoms with Crippen LogP contribution in [-0.4, -0.2) is 21.0 Å². The molecular formula is C8H5BrF2N2O4. The minimum absolute atomic E-state index is 0.000741. The lowest BCUT2D eigenvalue weighted by molar-refractivity contribution is -0.391. The van der Waals surface area contributed by atoms with Gasteiger partial charge in [-0.25, -0.2) is 8.78 Å². The van der Waals surface area contributed by atoms with Gasteiger partial charge in [0.15, 0.2) is 6.20 Å². The molecule has 0 atom stereocenters. The number of aliphatic carboxylic acids is 1. The SMILES string of the molecule is O=C(O)Cc1c(Br)cnc([N+](=O)[O-])c1C(F)F. The van der Waals surface area contributed by atoms with Gasteiger partial charge >= 0.3 is 11.8 Å². The molecule has 17 heavy (non-hydrogen) atoms. The van der Waals surface area contributed by atoms with E-state index in [2.05, 4.69) is 20.9 Å². The van der Waals surface area contributed by atoms with Crippen LogP contribution in [0.1, 0.15) is 17.6 Å². The summed E-state index contributed by atoms with van der Waals surface area (Å²) in [5.41, 5.74) is -1.30. The number of carboxylic acid groups (broad SMARTS) is 1. The molecule has 0 bridgehead atoms. The summed E-state index contributed by atoms with van der Waals surface area (Å²) in [4.78, 5) is 23.2. The van der Waals surface area contributed by atoms with E-state index in [0.29, 0.717) is 0 Å². The zero-order valence-electron chi connectivity index (χ0n) is 8.06. The molecule has 0 aliphatic heterocycles. The number of nitro groups is 1. The van der Waals surface area contributed by atoms with Gasteiger partial charge in [-0.2, -0.15) is 0 Å².